The highest BCUT2D eigenvalue weighted by Gasteiger charge is 2.37. The van der Waals surface area contributed by atoms with E-state index >= 15 is 0 Å². The molecule has 0 saturated carbocycles. The molecule has 1 amide bonds. The van der Waals surface area contributed by atoms with Crippen LogP contribution in [0.2, 0.25) is 18.1 Å². The Morgan fingerprint density at radius 2 is 1.68 bits per heavy atom. The third-order valence-electron chi connectivity index (χ3n) is 5.82. The van der Waals surface area contributed by atoms with Gasteiger partial charge in [-0.2, -0.15) is 0 Å². The summed E-state index contributed by atoms with van der Waals surface area (Å²) in [5.74, 6) is -0.00476. The molecule has 1 atom stereocenters. The lowest BCUT2D eigenvalue weighted by molar-refractivity contribution is 0.0173. The molecule has 1 heterocycles. The van der Waals surface area contributed by atoms with Crippen molar-refractivity contribution in [2.75, 3.05) is 7.05 Å². The lowest BCUT2D eigenvalue weighted by Gasteiger charge is -2.36. The van der Waals surface area contributed by atoms with Crippen molar-refractivity contribution < 1.29 is 18.8 Å². The van der Waals surface area contributed by atoms with Crippen LogP contribution in [0.3, 0.4) is 0 Å². The van der Waals surface area contributed by atoms with Gasteiger partial charge in [-0.15, -0.1) is 0 Å². The molecule has 0 fully saturated rings. The van der Waals surface area contributed by atoms with Gasteiger partial charge in [0.1, 0.15) is 11.3 Å². The summed E-state index contributed by atoms with van der Waals surface area (Å²) in [4.78, 5) is 31.6. The highest BCUT2D eigenvalue weighted by atomic mass is 28.4. The molecule has 0 unspecified atom stereocenters. The van der Waals surface area contributed by atoms with Crippen molar-refractivity contribution in [3.63, 3.8) is 0 Å². The molecule has 176 valence electrons. The van der Waals surface area contributed by atoms with Gasteiger partial charge in [0.2, 0.25) is 0 Å². The van der Waals surface area contributed by atoms with Gasteiger partial charge in [-0.05, 0) is 57.0 Å². The molecule has 0 radical (unpaired) electrons. The van der Waals surface area contributed by atoms with E-state index in [-0.39, 0.29) is 29.2 Å². The van der Waals surface area contributed by atoms with Gasteiger partial charge in [-0.3, -0.25) is 4.79 Å². The largest absolute Gasteiger partial charge is 0.444 e. The Hall–Kier alpha value is -1.73. The summed E-state index contributed by atoms with van der Waals surface area (Å²) in [6.45, 7) is 20.8. The van der Waals surface area contributed by atoms with E-state index in [1.165, 1.54) is 4.90 Å². The molecule has 0 aliphatic heterocycles. The average Bonchev–Trinajstić information content (AvgIpc) is 2.61. The third-order valence-corrected chi connectivity index (χ3v) is 10.3. The van der Waals surface area contributed by atoms with E-state index in [0.717, 1.165) is 5.69 Å². The molecule has 6 nitrogen and oxygen atoms in total. The van der Waals surface area contributed by atoms with Crippen molar-refractivity contribution in [3.05, 3.63) is 29.6 Å². The smallest absolute Gasteiger partial charge is 0.410 e. The minimum Gasteiger partial charge on any atom is -0.444 e. The summed E-state index contributed by atoms with van der Waals surface area (Å²) in [5, 5.41) is 0.108. The molecule has 7 heteroatoms. The zero-order valence-corrected chi connectivity index (χ0v) is 22.3. The van der Waals surface area contributed by atoms with Crippen molar-refractivity contribution in [2.24, 2.45) is 5.92 Å². The fraction of sp³-hybridized carbons (Fsp3) is 0.708. The van der Waals surface area contributed by atoms with E-state index in [4.69, 9.17) is 9.16 Å². The Labute approximate surface area is 189 Å². The maximum atomic E-state index is 13.0. The van der Waals surface area contributed by atoms with Gasteiger partial charge < -0.3 is 14.1 Å². The lowest BCUT2D eigenvalue weighted by atomic mass is 9.96. The van der Waals surface area contributed by atoms with Crippen LogP contribution in [0.4, 0.5) is 4.79 Å². The number of carbonyl (C=O) groups excluding carboxylic acids is 2. The Bertz CT molecular complexity index is 764. The van der Waals surface area contributed by atoms with Gasteiger partial charge in [0.05, 0.1) is 12.3 Å². The van der Waals surface area contributed by atoms with Crippen LogP contribution in [0.25, 0.3) is 0 Å². The monoisotopic (exact) mass is 450 g/mol. The summed E-state index contributed by atoms with van der Waals surface area (Å²) in [7, 11) is -0.220. The zero-order chi connectivity index (χ0) is 24.2. The fourth-order valence-electron chi connectivity index (χ4n) is 2.77. The normalized spacial score (nSPS) is 13.8. The third kappa shape index (κ3) is 8.37. The number of amides is 1. The van der Waals surface area contributed by atoms with Crippen LogP contribution >= 0.6 is 0 Å². The molecule has 1 rings (SSSR count). The van der Waals surface area contributed by atoms with Crippen molar-refractivity contribution in [2.45, 2.75) is 98.2 Å². The van der Waals surface area contributed by atoms with Crippen LogP contribution in [0.1, 0.15) is 78.0 Å². The number of rotatable bonds is 8. The summed E-state index contributed by atoms with van der Waals surface area (Å²) >= 11 is 0. The van der Waals surface area contributed by atoms with Crippen LogP contribution in [-0.4, -0.2) is 48.8 Å². The Morgan fingerprint density at radius 3 is 2.16 bits per heavy atom. The number of pyridine rings is 1. The SMILES string of the molecule is CC(C)[C@@H](CC(=O)c1cccc(CO[Si](C)(C)C(C)(C)C)n1)N(C)C(=O)OC(C)(C)C. The van der Waals surface area contributed by atoms with Crippen molar-refractivity contribution in [1.82, 2.24) is 9.88 Å². The molecule has 0 aliphatic rings. The van der Waals surface area contributed by atoms with Crippen LogP contribution in [0.15, 0.2) is 18.2 Å². The molecule has 0 aromatic carbocycles. The van der Waals surface area contributed by atoms with E-state index in [1.807, 2.05) is 46.8 Å². The number of aromatic nitrogens is 1. The molecule has 0 aliphatic carbocycles. The van der Waals surface area contributed by atoms with Crippen LogP contribution in [0.5, 0.6) is 0 Å². The second kappa shape index (κ2) is 10.3. The fourth-order valence-corrected chi connectivity index (χ4v) is 3.71. The first kappa shape index (κ1) is 27.3. The van der Waals surface area contributed by atoms with E-state index in [2.05, 4.69) is 38.8 Å². The second-order valence-electron chi connectivity index (χ2n) is 11.1. The first-order valence-electron chi connectivity index (χ1n) is 11.0. The summed E-state index contributed by atoms with van der Waals surface area (Å²) in [6.07, 6.45) is -0.240. The highest BCUT2D eigenvalue weighted by molar-refractivity contribution is 6.74. The van der Waals surface area contributed by atoms with Crippen molar-refractivity contribution in [3.8, 4) is 0 Å². The first-order chi connectivity index (χ1) is 13.9. The maximum absolute atomic E-state index is 13.0. The van der Waals surface area contributed by atoms with Gasteiger partial charge in [0.15, 0.2) is 14.1 Å². The molecular weight excluding hydrogens is 408 g/mol. The number of hydrogen-bond donors (Lipinski definition) is 0. The minimum atomic E-state index is -1.90. The second-order valence-corrected chi connectivity index (χ2v) is 15.9. The predicted octanol–water partition coefficient (Wildman–Crippen LogP) is 6.07. The Kier molecular flexibility index (Phi) is 9.03. The molecule has 0 bridgehead atoms. The number of carbonyl (C=O) groups is 2. The van der Waals surface area contributed by atoms with E-state index in [0.29, 0.717) is 12.3 Å². The number of hydrogen-bond acceptors (Lipinski definition) is 5. The standard InChI is InChI=1S/C24H42N2O4Si/c1-17(2)20(26(9)22(28)30-23(3,4)5)15-21(27)19-14-12-13-18(25-19)16-29-31(10,11)24(6,7)8/h12-14,17,20H,15-16H2,1-11H3/t20-/m1/s1. The maximum Gasteiger partial charge on any atom is 0.410 e. The molecule has 1 aromatic heterocycles. The van der Waals surface area contributed by atoms with Crippen molar-refractivity contribution >= 4 is 20.2 Å². The summed E-state index contributed by atoms with van der Waals surface area (Å²) in [6, 6.07) is 5.17. The number of Topliss-reactive ketones (excluding diaryl/α,β-unsaturated/α-hetero) is 1. The van der Waals surface area contributed by atoms with Gasteiger partial charge in [0.25, 0.3) is 0 Å². The summed E-state index contributed by atoms with van der Waals surface area (Å²) < 4.78 is 11.7. The Morgan fingerprint density at radius 1 is 1.10 bits per heavy atom. The number of nitrogens with zero attached hydrogens (tertiary/aromatic N) is 2. The van der Waals surface area contributed by atoms with Gasteiger partial charge in [0, 0.05) is 19.5 Å². The average molecular weight is 451 g/mol. The van der Waals surface area contributed by atoms with E-state index in [9.17, 15) is 9.59 Å². The van der Waals surface area contributed by atoms with Crippen molar-refractivity contribution in [1.29, 1.82) is 0 Å². The number of ether oxygens (including phenoxy) is 1. The van der Waals surface area contributed by atoms with E-state index in [1.54, 1.807) is 13.1 Å². The lowest BCUT2D eigenvalue weighted by Crippen LogP contribution is -2.44. The topological polar surface area (TPSA) is 68.7 Å². The van der Waals surface area contributed by atoms with Gasteiger partial charge >= 0.3 is 6.09 Å². The van der Waals surface area contributed by atoms with Gasteiger partial charge in [-0.1, -0.05) is 40.7 Å². The van der Waals surface area contributed by atoms with Crippen LogP contribution < -0.4 is 0 Å². The molecule has 1 aromatic rings. The molecule has 31 heavy (non-hydrogen) atoms. The van der Waals surface area contributed by atoms with Crippen LogP contribution in [-0.2, 0) is 15.8 Å². The van der Waals surface area contributed by atoms with Crippen LogP contribution in [0, 0.1) is 5.92 Å². The van der Waals surface area contributed by atoms with Gasteiger partial charge in [-0.25, -0.2) is 9.78 Å². The molecular formula is C24H42N2O4Si. The minimum absolute atomic E-state index is 0.0894. The number of ketones is 1. The molecule has 0 saturated heterocycles. The zero-order valence-electron chi connectivity index (χ0n) is 21.3. The molecule has 0 spiro atoms. The highest BCUT2D eigenvalue weighted by Crippen LogP contribution is 2.37. The summed E-state index contributed by atoms with van der Waals surface area (Å²) in [5.41, 5.74) is 0.563. The molecule has 0 N–H and O–H groups in total. The first-order valence-corrected chi connectivity index (χ1v) is 13.9. The Balaban J connectivity index is 2.92. The quantitative estimate of drug-likeness (QED) is 0.355. The van der Waals surface area contributed by atoms with E-state index < -0.39 is 20.0 Å². The predicted molar refractivity (Wildman–Crippen MR) is 128 cm³/mol.